The van der Waals surface area contributed by atoms with E-state index in [2.05, 4.69) is 19.6 Å². The van der Waals surface area contributed by atoms with Gasteiger partial charge in [-0.3, -0.25) is 0 Å². The molecule has 0 aromatic carbocycles. The zero-order valence-electron chi connectivity index (χ0n) is 7.64. The van der Waals surface area contributed by atoms with Crippen LogP contribution >= 0.6 is 0 Å². The predicted octanol–water partition coefficient (Wildman–Crippen LogP) is 3.87. The molecular weight excluding hydrogens is 132 g/mol. The van der Waals surface area contributed by atoms with Gasteiger partial charge in [0.1, 0.15) is 0 Å². The van der Waals surface area contributed by atoms with Crippen LogP contribution in [0.3, 0.4) is 0 Å². The van der Waals surface area contributed by atoms with Crippen molar-refractivity contribution >= 4 is 0 Å². The van der Waals surface area contributed by atoms with E-state index in [0.29, 0.717) is 0 Å². The third-order valence-corrected chi connectivity index (χ3v) is 1.49. The van der Waals surface area contributed by atoms with Crippen LogP contribution in [-0.4, -0.2) is 0 Å². The normalized spacial score (nSPS) is 11.5. The van der Waals surface area contributed by atoms with Gasteiger partial charge >= 0.3 is 0 Å². The fourth-order valence-electron chi connectivity index (χ4n) is 0.790. The lowest BCUT2D eigenvalue weighted by atomic mass is 10.1. The van der Waals surface area contributed by atoms with Crippen LogP contribution in [0.1, 0.15) is 33.1 Å². The van der Waals surface area contributed by atoms with Crippen LogP contribution in [0.15, 0.2) is 36.5 Å². The van der Waals surface area contributed by atoms with Crippen LogP contribution in [-0.2, 0) is 0 Å². The van der Waals surface area contributed by atoms with Crippen molar-refractivity contribution < 1.29 is 0 Å². The van der Waals surface area contributed by atoms with Crippen LogP contribution in [0.2, 0.25) is 0 Å². The molecule has 0 saturated heterocycles. The lowest BCUT2D eigenvalue weighted by Crippen LogP contribution is -1.75. The summed E-state index contributed by atoms with van der Waals surface area (Å²) in [5, 5.41) is 0. The minimum Gasteiger partial charge on any atom is -0.0958 e. The second kappa shape index (κ2) is 7.33. The maximum atomic E-state index is 3.94. The van der Waals surface area contributed by atoms with Gasteiger partial charge in [-0.25, -0.2) is 0 Å². The van der Waals surface area contributed by atoms with Crippen molar-refractivity contribution in [2.24, 2.45) is 0 Å². The number of hydrogen-bond acceptors (Lipinski definition) is 0. The molecule has 0 aromatic rings. The molecule has 11 heavy (non-hydrogen) atoms. The predicted molar refractivity (Wildman–Crippen MR) is 52.6 cm³/mol. The first-order chi connectivity index (χ1) is 5.31. The third kappa shape index (κ3) is 7.11. The van der Waals surface area contributed by atoms with Crippen molar-refractivity contribution in [2.45, 2.75) is 33.1 Å². The molecule has 0 aliphatic rings. The second-order valence-corrected chi connectivity index (χ2v) is 2.65. The first-order valence-corrected chi connectivity index (χ1v) is 4.28. The summed E-state index contributed by atoms with van der Waals surface area (Å²) in [6, 6.07) is 0. The lowest BCUT2D eigenvalue weighted by molar-refractivity contribution is 0.799. The van der Waals surface area contributed by atoms with Crippen LogP contribution in [0.5, 0.6) is 0 Å². The molecule has 0 bridgehead atoms. The molecule has 0 amide bonds. The van der Waals surface area contributed by atoms with E-state index in [1.807, 2.05) is 25.2 Å². The SMILES string of the molecule is C=C(C=CC=CC)CCCC. The van der Waals surface area contributed by atoms with Crippen molar-refractivity contribution in [1.82, 2.24) is 0 Å². The molecule has 0 aliphatic carbocycles. The van der Waals surface area contributed by atoms with Crippen molar-refractivity contribution in [3.05, 3.63) is 36.5 Å². The first-order valence-electron chi connectivity index (χ1n) is 4.28. The Morgan fingerprint density at radius 2 is 2.09 bits per heavy atom. The minimum atomic E-state index is 1.13. The van der Waals surface area contributed by atoms with Gasteiger partial charge in [-0.2, -0.15) is 0 Å². The summed E-state index contributed by atoms with van der Waals surface area (Å²) in [5.41, 5.74) is 1.23. The summed E-state index contributed by atoms with van der Waals surface area (Å²) in [5.74, 6) is 0. The highest BCUT2D eigenvalue weighted by Crippen LogP contribution is 2.05. The topological polar surface area (TPSA) is 0 Å². The largest absolute Gasteiger partial charge is 0.0958 e. The molecule has 0 saturated carbocycles. The smallest absolute Gasteiger partial charge is 0.0285 e. The van der Waals surface area contributed by atoms with Crippen molar-refractivity contribution in [3.63, 3.8) is 0 Å². The van der Waals surface area contributed by atoms with Gasteiger partial charge in [0.15, 0.2) is 0 Å². The molecule has 0 rings (SSSR count). The highest BCUT2D eigenvalue weighted by Gasteiger charge is 1.85. The number of rotatable bonds is 5. The molecular formula is C11H18. The summed E-state index contributed by atoms with van der Waals surface area (Å²) in [4.78, 5) is 0. The van der Waals surface area contributed by atoms with Crippen LogP contribution in [0, 0.1) is 0 Å². The zero-order valence-corrected chi connectivity index (χ0v) is 7.64. The Balaban J connectivity index is 3.51. The molecule has 0 unspecified atom stereocenters. The maximum absolute atomic E-state index is 3.94. The average molecular weight is 150 g/mol. The quantitative estimate of drug-likeness (QED) is 0.522. The second-order valence-electron chi connectivity index (χ2n) is 2.65. The molecule has 0 heterocycles. The monoisotopic (exact) mass is 150 g/mol. The zero-order chi connectivity index (χ0) is 8.53. The van der Waals surface area contributed by atoms with Crippen molar-refractivity contribution in [3.8, 4) is 0 Å². The number of hydrogen-bond donors (Lipinski definition) is 0. The van der Waals surface area contributed by atoms with E-state index >= 15 is 0 Å². The fourth-order valence-corrected chi connectivity index (χ4v) is 0.790. The molecule has 0 nitrogen and oxygen atoms in total. The Labute approximate surface area is 70.3 Å². The highest BCUT2D eigenvalue weighted by atomic mass is 13.9. The number of unbranched alkanes of at least 4 members (excludes halogenated alkanes) is 1. The van der Waals surface area contributed by atoms with Crippen molar-refractivity contribution in [2.75, 3.05) is 0 Å². The molecule has 0 aliphatic heterocycles. The molecule has 62 valence electrons. The van der Waals surface area contributed by atoms with Gasteiger partial charge in [0.05, 0.1) is 0 Å². The Morgan fingerprint density at radius 1 is 1.36 bits per heavy atom. The Morgan fingerprint density at radius 3 is 2.64 bits per heavy atom. The number of allylic oxidation sites excluding steroid dienone is 5. The first kappa shape index (κ1) is 10.2. The molecule has 0 spiro atoms. The van der Waals surface area contributed by atoms with Gasteiger partial charge in [0.25, 0.3) is 0 Å². The van der Waals surface area contributed by atoms with E-state index < -0.39 is 0 Å². The standard InChI is InChI=1S/C11H18/c1-4-6-8-10-11(3)9-7-5-2/h4,6,8,10H,3,5,7,9H2,1-2H3. The van der Waals surface area contributed by atoms with Gasteiger partial charge in [0.2, 0.25) is 0 Å². The summed E-state index contributed by atoms with van der Waals surface area (Å²) < 4.78 is 0. The third-order valence-electron chi connectivity index (χ3n) is 1.49. The molecule has 0 heteroatoms. The van der Waals surface area contributed by atoms with Crippen LogP contribution in [0.4, 0.5) is 0 Å². The van der Waals surface area contributed by atoms with E-state index in [0.717, 1.165) is 6.42 Å². The Hall–Kier alpha value is -0.780. The van der Waals surface area contributed by atoms with E-state index in [1.165, 1.54) is 18.4 Å². The molecule has 0 atom stereocenters. The average Bonchev–Trinajstić information content (AvgIpc) is 2.01. The molecule has 0 fully saturated rings. The minimum absolute atomic E-state index is 1.13. The van der Waals surface area contributed by atoms with E-state index in [9.17, 15) is 0 Å². The van der Waals surface area contributed by atoms with Gasteiger partial charge in [-0.05, 0) is 19.8 Å². The van der Waals surface area contributed by atoms with Crippen LogP contribution < -0.4 is 0 Å². The van der Waals surface area contributed by atoms with Gasteiger partial charge in [-0.1, -0.05) is 49.8 Å². The molecule has 0 aromatic heterocycles. The summed E-state index contributed by atoms with van der Waals surface area (Å²) in [7, 11) is 0. The highest BCUT2D eigenvalue weighted by molar-refractivity contribution is 5.18. The van der Waals surface area contributed by atoms with E-state index in [-0.39, 0.29) is 0 Å². The summed E-state index contributed by atoms with van der Waals surface area (Å²) >= 11 is 0. The van der Waals surface area contributed by atoms with Crippen molar-refractivity contribution in [1.29, 1.82) is 0 Å². The van der Waals surface area contributed by atoms with E-state index in [1.54, 1.807) is 0 Å². The maximum Gasteiger partial charge on any atom is -0.0285 e. The summed E-state index contributed by atoms with van der Waals surface area (Å²) in [6.07, 6.45) is 11.8. The lowest BCUT2D eigenvalue weighted by Gasteiger charge is -1.95. The Kier molecular flexibility index (Phi) is 6.81. The molecule has 0 radical (unpaired) electrons. The summed E-state index contributed by atoms with van der Waals surface area (Å²) in [6.45, 7) is 8.15. The Bertz CT molecular complexity index is 149. The van der Waals surface area contributed by atoms with E-state index in [4.69, 9.17) is 0 Å². The van der Waals surface area contributed by atoms with Gasteiger partial charge < -0.3 is 0 Å². The van der Waals surface area contributed by atoms with Gasteiger partial charge in [0, 0.05) is 0 Å². The fraction of sp³-hybridized carbons (Fsp3) is 0.455. The van der Waals surface area contributed by atoms with Crippen LogP contribution in [0.25, 0.3) is 0 Å². The van der Waals surface area contributed by atoms with Gasteiger partial charge in [-0.15, -0.1) is 0 Å². The molecule has 0 N–H and O–H groups in total.